The summed E-state index contributed by atoms with van der Waals surface area (Å²) < 4.78 is 0. The molecule has 6 heteroatoms. The van der Waals surface area contributed by atoms with Gasteiger partial charge in [-0.25, -0.2) is 0 Å². The number of aromatic nitrogens is 3. The first-order valence-corrected chi connectivity index (χ1v) is 12.2. The van der Waals surface area contributed by atoms with Crippen LogP contribution in [0.3, 0.4) is 0 Å². The summed E-state index contributed by atoms with van der Waals surface area (Å²) in [6.07, 6.45) is 0. The van der Waals surface area contributed by atoms with Gasteiger partial charge >= 0.3 is 0 Å². The Balaban J connectivity index is 1.58. The van der Waals surface area contributed by atoms with E-state index in [1.54, 1.807) is 35.3 Å². The minimum Gasteiger partial charge on any atom is -0.196 e. The molecule has 1 heterocycles. The maximum atomic E-state index is 4.71. The van der Waals surface area contributed by atoms with E-state index in [4.69, 9.17) is 15.0 Å². The summed E-state index contributed by atoms with van der Waals surface area (Å²) in [5.41, 5.74) is 3.73. The SMILES string of the molecule is Cc1ccc(Sc2nc(SCc3ccccc3)nc(Sc3ccc(C)cc3)n2)cc1. The summed E-state index contributed by atoms with van der Waals surface area (Å²) in [4.78, 5) is 16.4. The Morgan fingerprint density at radius 1 is 0.567 bits per heavy atom. The molecule has 30 heavy (non-hydrogen) atoms. The molecule has 0 saturated carbocycles. The lowest BCUT2D eigenvalue weighted by atomic mass is 10.2. The fourth-order valence-corrected chi connectivity index (χ4v) is 5.08. The van der Waals surface area contributed by atoms with Crippen LogP contribution in [0, 0.1) is 13.8 Å². The van der Waals surface area contributed by atoms with Crippen LogP contribution in [0.15, 0.2) is 104 Å². The largest absolute Gasteiger partial charge is 0.197 e. The molecule has 0 N–H and O–H groups in total. The van der Waals surface area contributed by atoms with Crippen molar-refractivity contribution in [3.63, 3.8) is 0 Å². The van der Waals surface area contributed by atoms with E-state index in [9.17, 15) is 0 Å². The van der Waals surface area contributed by atoms with Crippen molar-refractivity contribution in [2.24, 2.45) is 0 Å². The Bertz CT molecular complexity index is 1030. The normalized spacial score (nSPS) is 10.9. The fourth-order valence-electron chi connectivity index (χ4n) is 2.62. The van der Waals surface area contributed by atoms with Crippen LogP contribution in [-0.2, 0) is 5.75 Å². The van der Waals surface area contributed by atoms with Crippen LogP contribution in [0.1, 0.15) is 16.7 Å². The van der Waals surface area contributed by atoms with Gasteiger partial charge in [-0.3, -0.25) is 0 Å². The molecule has 0 bridgehead atoms. The van der Waals surface area contributed by atoms with Gasteiger partial charge in [0.05, 0.1) is 0 Å². The van der Waals surface area contributed by atoms with Gasteiger partial charge in [0, 0.05) is 15.5 Å². The van der Waals surface area contributed by atoms with Crippen molar-refractivity contribution in [1.82, 2.24) is 15.0 Å². The lowest BCUT2D eigenvalue weighted by molar-refractivity contribution is 0.717. The standard InChI is InChI=1S/C24H21N3S3/c1-17-8-12-20(13-9-17)29-23-25-22(28-16-19-6-4-3-5-7-19)26-24(27-23)30-21-14-10-18(2)11-15-21/h3-15H,16H2,1-2H3. The molecule has 3 nitrogen and oxygen atoms in total. The maximum Gasteiger partial charge on any atom is 0.197 e. The van der Waals surface area contributed by atoms with E-state index >= 15 is 0 Å². The average molecular weight is 448 g/mol. The molecule has 0 aliphatic heterocycles. The number of hydrogen-bond donors (Lipinski definition) is 0. The maximum absolute atomic E-state index is 4.71. The van der Waals surface area contributed by atoms with E-state index in [0.717, 1.165) is 31.0 Å². The van der Waals surface area contributed by atoms with E-state index < -0.39 is 0 Å². The number of thioether (sulfide) groups is 1. The summed E-state index contributed by atoms with van der Waals surface area (Å²) in [5.74, 6) is 0.828. The van der Waals surface area contributed by atoms with Crippen molar-refractivity contribution in [3.05, 3.63) is 95.6 Å². The molecule has 0 aliphatic carbocycles. The number of benzene rings is 3. The lowest BCUT2D eigenvalue weighted by Gasteiger charge is -2.07. The fraction of sp³-hybridized carbons (Fsp3) is 0.125. The van der Waals surface area contributed by atoms with E-state index in [2.05, 4.69) is 86.6 Å². The highest BCUT2D eigenvalue weighted by Gasteiger charge is 2.11. The van der Waals surface area contributed by atoms with Crippen LogP contribution >= 0.6 is 35.3 Å². The molecule has 1 aromatic heterocycles. The summed E-state index contributed by atoms with van der Waals surface area (Å²) in [7, 11) is 0. The first-order valence-electron chi connectivity index (χ1n) is 9.56. The third kappa shape index (κ3) is 6.11. The highest BCUT2D eigenvalue weighted by atomic mass is 32.2. The minimum absolute atomic E-state index is 0.721. The quantitative estimate of drug-likeness (QED) is 0.282. The smallest absolute Gasteiger partial charge is 0.196 e. The van der Waals surface area contributed by atoms with Gasteiger partial charge in [0.2, 0.25) is 0 Å². The predicted molar refractivity (Wildman–Crippen MR) is 126 cm³/mol. The zero-order valence-electron chi connectivity index (χ0n) is 16.8. The van der Waals surface area contributed by atoms with Crippen LogP contribution < -0.4 is 0 Å². The molecule has 0 fully saturated rings. The van der Waals surface area contributed by atoms with Gasteiger partial charge in [-0.2, -0.15) is 15.0 Å². The minimum atomic E-state index is 0.721. The summed E-state index contributed by atoms with van der Waals surface area (Å²) >= 11 is 4.78. The molecule has 4 rings (SSSR count). The first kappa shape index (κ1) is 21.0. The summed E-state index contributed by atoms with van der Waals surface area (Å²) in [5, 5.41) is 2.19. The van der Waals surface area contributed by atoms with E-state index in [1.165, 1.54) is 16.7 Å². The molecule has 0 unspecified atom stereocenters. The lowest BCUT2D eigenvalue weighted by Crippen LogP contribution is -1.97. The number of hydrogen-bond acceptors (Lipinski definition) is 6. The second-order valence-electron chi connectivity index (χ2n) is 6.79. The van der Waals surface area contributed by atoms with Crippen molar-refractivity contribution in [2.45, 2.75) is 44.9 Å². The predicted octanol–water partition coefficient (Wildman–Crippen LogP) is 7.08. The molecular weight excluding hydrogens is 426 g/mol. The number of nitrogens with zero attached hydrogens (tertiary/aromatic N) is 3. The molecule has 0 aliphatic rings. The highest BCUT2D eigenvalue weighted by molar-refractivity contribution is 8.00. The molecule has 3 aromatic carbocycles. The second-order valence-corrected chi connectivity index (χ2v) is 9.81. The zero-order valence-corrected chi connectivity index (χ0v) is 19.2. The van der Waals surface area contributed by atoms with Gasteiger partial charge in [-0.1, -0.05) is 77.5 Å². The molecular formula is C24H21N3S3. The molecule has 0 saturated heterocycles. The van der Waals surface area contributed by atoms with E-state index in [1.807, 2.05) is 6.07 Å². The Hall–Kier alpha value is -2.28. The van der Waals surface area contributed by atoms with Gasteiger partial charge < -0.3 is 0 Å². The van der Waals surface area contributed by atoms with Crippen molar-refractivity contribution in [1.29, 1.82) is 0 Å². The van der Waals surface area contributed by atoms with Crippen LogP contribution in [0.5, 0.6) is 0 Å². The average Bonchev–Trinajstić information content (AvgIpc) is 2.76. The van der Waals surface area contributed by atoms with Crippen LogP contribution in [0.2, 0.25) is 0 Å². The molecule has 4 aromatic rings. The molecule has 150 valence electrons. The number of aryl methyl sites for hydroxylation is 2. The molecule has 0 atom stereocenters. The van der Waals surface area contributed by atoms with Crippen molar-refractivity contribution in [3.8, 4) is 0 Å². The highest BCUT2D eigenvalue weighted by Crippen LogP contribution is 2.31. The Morgan fingerprint density at radius 2 is 1.03 bits per heavy atom. The van der Waals surface area contributed by atoms with Crippen LogP contribution in [0.25, 0.3) is 0 Å². The summed E-state index contributed by atoms with van der Waals surface area (Å²) in [6.45, 7) is 4.18. The van der Waals surface area contributed by atoms with E-state index in [0.29, 0.717) is 0 Å². The van der Waals surface area contributed by atoms with Gasteiger partial charge in [-0.15, -0.1) is 0 Å². The third-order valence-electron chi connectivity index (χ3n) is 4.24. The zero-order chi connectivity index (χ0) is 20.8. The van der Waals surface area contributed by atoms with Crippen LogP contribution in [-0.4, -0.2) is 15.0 Å². The van der Waals surface area contributed by atoms with Crippen molar-refractivity contribution >= 4 is 35.3 Å². The number of rotatable bonds is 7. The third-order valence-corrected chi connectivity index (χ3v) is 6.91. The van der Waals surface area contributed by atoms with Gasteiger partial charge in [-0.05, 0) is 67.2 Å². The van der Waals surface area contributed by atoms with E-state index in [-0.39, 0.29) is 0 Å². The Morgan fingerprint density at radius 3 is 1.53 bits per heavy atom. The second kappa shape index (κ2) is 10.2. The summed E-state index contributed by atoms with van der Waals surface area (Å²) in [6, 6.07) is 27.2. The van der Waals surface area contributed by atoms with Crippen molar-refractivity contribution in [2.75, 3.05) is 0 Å². The van der Waals surface area contributed by atoms with Gasteiger partial charge in [0.15, 0.2) is 15.5 Å². The Labute approximate surface area is 190 Å². The van der Waals surface area contributed by atoms with Crippen molar-refractivity contribution < 1.29 is 0 Å². The Kier molecular flexibility index (Phi) is 7.10. The first-order chi connectivity index (χ1) is 14.6. The molecule has 0 spiro atoms. The monoisotopic (exact) mass is 447 g/mol. The van der Waals surface area contributed by atoms with Crippen LogP contribution in [0.4, 0.5) is 0 Å². The van der Waals surface area contributed by atoms with Gasteiger partial charge in [0.25, 0.3) is 0 Å². The van der Waals surface area contributed by atoms with Gasteiger partial charge in [0.1, 0.15) is 0 Å². The molecule has 0 radical (unpaired) electrons. The topological polar surface area (TPSA) is 38.7 Å². The molecule has 0 amide bonds.